The Morgan fingerprint density at radius 3 is 2.48 bits per heavy atom. The summed E-state index contributed by atoms with van der Waals surface area (Å²) in [5.74, 6) is 0.152. The van der Waals surface area contributed by atoms with E-state index in [-0.39, 0.29) is 11.4 Å². The number of halogens is 1. The van der Waals surface area contributed by atoms with Crippen molar-refractivity contribution in [1.29, 1.82) is 0 Å². The second-order valence-electron chi connectivity index (χ2n) is 8.93. The molecule has 202 valence electrons. The molecular formula is C31H25IN2O5S. The largest absolute Gasteiger partial charge is 0.490 e. The van der Waals surface area contributed by atoms with Gasteiger partial charge in [-0.3, -0.25) is 19.3 Å². The molecule has 4 aromatic rings. The van der Waals surface area contributed by atoms with E-state index in [1.165, 1.54) is 5.39 Å². The number of nitrogens with zero attached hydrogens (tertiary/aromatic N) is 1. The monoisotopic (exact) mass is 664 g/mol. The van der Waals surface area contributed by atoms with Crippen LogP contribution in [-0.2, 0) is 16.2 Å². The number of hydrogen-bond donors (Lipinski definition) is 1. The standard InChI is InChI=1S/C31H25IN2O5S/c1-2-38-27-16-20(8-14-26(27)39-19-21-7-9-22-5-3-4-6-23(22)15-21)17-28-30(36)34(31(37)40-28)18-29(35)33-25-12-10-24(32)11-13-25/h3-17H,2,18-19H2,1H3,(H,33,35)/b28-17+. The van der Waals surface area contributed by atoms with Crippen LogP contribution in [0.25, 0.3) is 16.8 Å². The van der Waals surface area contributed by atoms with E-state index >= 15 is 0 Å². The topological polar surface area (TPSA) is 84.9 Å². The van der Waals surface area contributed by atoms with Crippen molar-refractivity contribution < 1.29 is 23.9 Å². The van der Waals surface area contributed by atoms with Gasteiger partial charge in [0, 0.05) is 9.26 Å². The highest BCUT2D eigenvalue weighted by molar-refractivity contribution is 14.1. The molecule has 1 aliphatic heterocycles. The summed E-state index contributed by atoms with van der Waals surface area (Å²) in [5, 5.41) is 4.53. The van der Waals surface area contributed by atoms with Gasteiger partial charge < -0.3 is 14.8 Å². The van der Waals surface area contributed by atoms with Crippen LogP contribution in [0, 0.1) is 3.57 Å². The normalized spacial score (nSPS) is 14.2. The molecule has 0 aliphatic carbocycles. The fraction of sp³-hybridized carbons (Fsp3) is 0.129. The highest BCUT2D eigenvalue weighted by Gasteiger charge is 2.36. The third-order valence-corrected chi connectivity index (χ3v) is 7.70. The molecule has 9 heteroatoms. The Bertz CT molecular complexity index is 1620. The molecule has 0 unspecified atom stereocenters. The second kappa shape index (κ2) is 12.6. The van der Waals surface area contributed by atoms with E-state index in [1.807, 2.05) is 37.3 Å². The number of benzene rings is 4. The van der Waals surface area contributed by atoms with E-state index < -0.39 is 17.1 Å². The van der Waals surface area contributed by atoms with Gasteiger partial charge in [0.2, 0.25) is 5.91 Å². The second-order valence-corrected chi connectivity index (χ2v) is 11.2. The molecule has 1 fully saturated rings. The van der Waals surface area contributed by atoms with E-state index in [2.05, 4.69) is 52.2 Å². The zero-order chi connectivity index (χ0) is 28.1. The molecule has 7 nitrogen and oxygen atoms in total. The molecule has 40 heavy (non-hydrogen) atoms. The third kappa shape index (κ3) is 6.65. The van der Waals surface area contributed by atoms with Crippen LogP contribution >= 0.6 is 34.4 Å². The first kappa shape index (κ1) is 27.7. The van der Waals surface area contributed by atoms with E-state index in [9.17, 15) is 14.4 Å². The first-order valence-electron chi connectivity index (χ1n) is 12.6. The number of imide groups is 1. The number of fused-ring (bicyclic) bond motifs is 1. The lowest BCUT2D eigenvalue weighted by atomic mass is 10.1. The first-order valence-corrected chi connectivity index (χ1v) is 14.5. The summed E-state index contributed by atoms with van der Waals surface area (Å²) in [7, 11) is 0. The van der Waals surface area contributed by atoms with Gasteiger partial charge in [-0.1, -0.05) is 42.5 Å². The maximum Gasteiger partial charge on any atom is 0.294 e. The molecule has 0 saturated carbocycles. The molecular weight excluding hydrogens is 639 g/mol. The number of rotatable bonds is 9. The molecule has 1 heterocycles. The third-order valence-electron chi connectivity index (χ3n) is 6.08. The summed E-state index contributed by atoms with van der Waals surface area (Å²) in [6.45, 7) is 2.32. The number of nitrogens with one attached hydrogen (secondary N) is 1. The lowest BCUT2D eigenvalue weighted by Gasteiger charge is -2.13. The summed E-state index contributed by atoms with van der Waals surface area (Å²) < 4.78 is 12.9. The molecule has 0 aromatic heterocycles. The fourth-order valence-electron chi connectivity index (χ4n) is 4.16. The Morgan fingerprint density at radius 2 is 1.70 bits per heavy atom. The molecule has 4 aromatic carbocycles. The Kier molecular flexibility index (Phi) is 8.71. The van der Waals surface area contributed by atoms with E-state index in [0.717, 1.165) is 31.2 Å². The lowest BCUT2D eigenvalue weighted by Crippen LogP contribution is -2.36. The Morgan fingerprint density at radius 1 is 0.925 bits per heavy atom. The summed E-state index contributed by atoms with van der Waals surface area (Å²) in [6.07, 6.45) is 1.62. The van der Waals surface area contributed by atoms with Crippen LogP contribution in [0.5, 0.6) is 11.5 Å². The van der Waals surface area contributed by atoms with Gasteiger partial charge in [0.05, 0.1) is 11.5 Å². The van der Waals surface area contributed by atoms with Crippen molar-refractivity contribution >= 4 is 73.9 Å². The highest BCUT2D eigenvalue weighted by atomic mass is 127. The zero-order valence-electron chi connectivity index (χ0n) is 21.6. The maximum atomic E-state index is 13.0. The molecule has 5 rings (SSSR count). The average Bonchev–Trinajstić information content (AvgIpc) is 3.21. The number of hydrogen-bond acceptors (Lipinski definition) is 6. The number of ether oxygens (including phenoxy) is 2. The number of thioether (sulfide) groups is 1. The minimum Gasteiger partial charge on any atom is -0.490 e. The number of carbonyl (C=O) groups excluding carboxylic acids is 3. The number of amides is 3. The van der Waals surface area contributed by atoms with Gasteiger partial charge in [-0.05, 0) is 112 Å². The molecule has 1 aliphatic rings. The Hall–Kier alpha value is -3.83. The van der Waals surface area contributed by atoms with Crippen LogP contribution < -0.4 is 14.8 Å². The summed E-state index contributed by atoms with van der Waals surface area (Å²) >= 11 is 2.97. The summed E-state index contributed by atoms with van der Waals surface area (Å²) in [6, 6.07) is 27.0. The molecule has 1 N–H and O–H groups in total. The maximum absolute atomic E-state index is 13.0. The van der Waals surface area contributed by atoms with Crippen LogP contribution in [-0.4, -0.2) is 35.1 Å². The van der Waals surface area contributed by atoms with Crippen LogP contribution in [0.2, 0.25) is 0 Å². The number of carbonyl (C=O) groups is 3. The molecule has 0 radical (unpaired) electrons. The predicted octanol–water partition coefficient (Wildman–Crippen LogP) is 7.10. The van der Waals surface area contributed by atoms with Gasteiger partial charge >= 0.3 is 0 Å². The summed E-state index contributed by atoms with van der Waals surface area (Å²) in [4.78, 5) is 39.2. The van der Waals surface area contributed by atoms with Gasteiger partial charge in [-0.2, -0.15) is 0 Å². The summed E-state index contributed by atoms with van der Waals surface area (Å²) in [5.41, 5.74) is 2.31. The highest BCUT2D eigenvalue weighted by Crippen LogP contribution is 2.35. The van der Waals surface area contributed by atoms with Crippen LogP contribution in [0.15, 0.2) is 89.8 Å². The average molecular weight is 665 g/mol. The lowest BCUT2D eigenvalue weighted by molar-refractivity contribution is -0.127. The van der Waals surface area contributed by atoms with Crippen LogP contribution in [0.3, 0.4) is 0 Å². The zero-order valence-corrected chi connectivity index (χ0v) is 24.5. The molecule has 3 amide bonds. The fourth-order valence-corrected chi connectivity index (χ4v) is 5.35. The van der Waals surface area contributed by atoms with Crippen molar-refractivity contribution in [3.05, 3.63) is 105 Å². The van der Waals surface area contributed by atoms with Gasteiger partial charge in [-0.25, -0.2) is 0 Å². The van der Waals surface area contributed by atoms with Crippen molar-refractivity contribution in [2.24, 2.45) is 0 Å². The van der Waals surface area contributed by atoms with E-state index in [4.69, 9.17) is 9.47 Å². The number of anilines is 1. The minimum absolute atomic E-state index is 0.236. The Balaban J connectivity index is 1.26. The van der Waals surface area contributed by atoms with Crippen molar-refractivity contribution in [2.75, 3.05) is 18.5 Å². The van der Waals surface area contributed by atoms with Crippen LogP contribution in [0.4, 0.5) is 10.5 Å². The molecule has 1 saturated heterocycles. The van der Waals surface area contributed by atoms with Crippen molar-refractivity contribution in [3.8, 4) is 11.5 Å². The van der Waals surface area contributed by atoms with Crippen molar-refractivity contribution in [3.63, 3.8) is 0 Å². The molecule has 0 atom stereocenters. The van der Waals surface area contributed by atoms with Crippen LogP contribution in [0.1, 0.15) is 18.1 Å². The SMILES string of the molecule is CCOc1cc(/C=C2/SC(=O)N(CC(=O)Nc3ccc(I)cc3)C2=O)ccc1OCc1ccc2ccccc2c1. The molecule has 0 bridgehead atoms. The van der Waals surface area contributed by atoms with E-state index in [0.29, 0.717) is 36.0 Å². The minimum atomic E-state index is -0.512. The van der Waals surface area contributed by atoms with Gasteiger partial charge in [0.25, 0.3) is 11.1 Å². The van der Waals surface area contributed by atoms with Gasteiger partial charge in [0.15, 0.2) is 11.5 Å². The van der Waals surface area contributed by atoms with Crippen molar-refractivity contribution in [2.45, 2.75) is 13.5 Å². The van der Waals surface area contributed by atoms with Gasteiger partial charge in [0.1, 0.15) is 13.2 Å². The smallest absolute Gasteiger partial charge is 0.294 e. The Labute approximate surface area is 249 Å². The molecule has 0 spiro atoms. The quantitative estimate of drug-likeness (QED) is 0.152. The van der Waals surface area contributed by atoms with E-state index in [1.54, 1.807) is 36.4 Å². The van der Waals surface area contributed by atoms with Gasteiger partial charge in [-0.15, -0.1) is 0 Å². The van der Waals surface area contributed by atoms with Crippen molar-refractivity contribution in [1.82, 2.24) is 4.90 Å². The first-order chi connectivity index (χ1) is 19.4. The predicted molar refractivity (Wildman–Crippen MR) is 166 cm³/mol.